The highest BCUT2D eigenvalue weighted by molar-refractivity contribution is 5.95. The van der Waals surface area contributed by atoms with Crippen molar-refractivity contribution in [3.63, 3.8) is 0 Å². The third-order valence-electron chi connectivity index (χ3n) is 8.14. The number of likely N-dealkylation sites (tertiary alicyclic amines) is 1. The molecule has 1 spiro atoms. The van der Waals surface area contributed by atoms with Gasteiger partial charge in [0.05, 0.1) is 37.0 Å². The van der Waals surface area contributed by atoms with Crippen molar-refractivity contribution >= 4 is 22.8 Å². The molecule has 7 heteroatoms. The van der Waals surface area contributed by atoms with E-state index in [4.69, 9.17) is 14.5 Å². The van der Waals surface area contributed by atoms with E-state index in [-0.39, 0.29) is 12.1 Å². The van der Waals surface area contributed by atoms with Crippen LogP contribution in [0.2, 0.25) is 0 Å². The van der Waals surface area contributed by atoms with Crippen LogP contribution in [0.4, 0.5) is 10.5 Å². The lowest BCUT2D eigenvalue weighted by atomic mass is 9.85. The zero-order chi connectivity index (χ0) is 24.0. The number of hydrogen-bond acceptors (Lipinski definition) is 5. The maximum atomic E-state index is 12.6. The molecule has 0 saturated carbocycles. The van der Waals surface area contributed by atoms with Gasteiger partial charge in [0.2, 0.25) is 0 Å². The van der Waals surface area contributed by atoms with Crippen LogP contribution < -0.4 is 4.90 Å². The van der Waals surface area contributed by atoms with Gasteiger partial charge in [0.25, 0.3) is 0 Å². The fraction of sp³-hybridized carbons (Fsp3) is 0.500. The Morgan fingerprint density at radius 3 is 2.71 bits per heavy atom. The zero-order valence-corrected chi connectivity index (χ0v) is 20.7. The van der Waals surface area contributed by atoms with Crippen LogP contribution in [0.5, 0.6) is 0 Å². The number of anilines is 1. The number of methoxy groups -OCH3 is 1. The van der Waals surface area contributed by atoms with Gasteiger partial charge in [0.1, 0.15) is 5.82 Å². The maximum Gasteiger partial charge on any atom is 0.414 e. The molecule has 0 aliphatic carbocycles. The van der Waals surface area contributed by atoms with E-state index in [9.17, 15) is 4.79 Å². The molecule has 4 heterocycles. The van der Waals surface area contributed by atoms with Gasteiger partial charge in [-0.25, -0.2) is 9.78 Å². The summed E-state index contributed by atoms with van der Waals surface area (Å²) in [7, 11) is 1.45. The first kappa shape index (κ1) is 22.6. The van der Waals surface area contributed by atoms with Crippen molar-refractivity contribution in [3.05, 3.63) is 59.4 Å². The van der Waals surface area contributed by atoms with Crippen LogP contribution in [0, 0.1) is 5.41 Å². The number of imidazole rings is 1. The predicted molar refractivity (Wildman–Crippen MR) is 136 cm³/mol. The first-order valence-corrected chi connectivity index (χ1v) is 12.8. The van der Waals surface area contributed by atoms with Crippen LogP contribution in [0.15, 0.2) is 42.5 Å². The summed E-state index contributed by atoms with van der Waals surface area (Å²) >= 11 is 0. The summed E-state index contributed by atoms with van der Waals surface area (Å²) < 4.78 is 13.0. The molecular formula is C28H34N4O3. The molecule has 1 amide bonds. The van der Waals surface area contributed by atoms with Crippen molar-refractivity contribution in [2.75, 3.05) is 44.9 Å². The molecule has 2 aromatic carbocycles. The molecule has 2 saturated heterocycles. The number of benzene rings is 2. The minimum absolute atomic E-state index is 0.108. The summed E-state index contributed by atoms with van der Waals surface area (Å²) in [5, 5.41) is 0. The first-order chi connectivity index (χ1) is 17.1. The lowest BCUT2D eigenvalue weighted by Crippen LogP contribution is -2.44. The van der Waals surface area contributed by atoms with Crippen molar-refractivity contribution in [3.8, 4) is 0 Å². The highest BCUT2D eigenvalue weighted by Crippen LogP contribution is 2.38. The van der Waals surface area contributed by atoms with Gasteiger partial charge in [-0.2, -0.15) is 0 Å². The number of rotatable bonds is 5. The number of carbonyl (C=O) groups excluding carboxylic acids is 1. The SMILES string of the molecule is COC(=O)N1c2ccc3c(nc(Cc4ccccc4)n3CCN3CCC4(COC4)C3)c2CC[C@@H]1C. The number of amides is 1. The van der Waals surface area contributed by atoms with Gasteiger partial charge < -0.3 is 18.9 Å². The Labute approximate surface area is 206 Å². The summed E-state index contributed by atoms with van der Waals surface area (Å²) in [6, 6.07) is 14.9. The second-order valence-electron chi connectivity index (χ2n) is 10.5. The summed E-state index contributed by atoms with van der Waals surface area (Å²) in [6.45, 7) is 8.11. The van der Waals surface area contributed by atoms with E-state index in [0.717, 1.165) is 86.8 Å². The van der Waals surface area contributed by atoms with E-state index in [1.54, 1.807) is 4.90 Å². The third-order valence-corrected chi connectivity index (χ3v) is 8.14. The second kappa shape index (κ2) is 8.95. The molecule has 0 bridgehead atoms. The topological polar surface area (TPSA) is 59.8 Å². The van der Waals surface area contributed by atoms with Crippen LogP contribution in [0.25, 0.3) is 11.0 Å². The highest BCUT2D eigenvalue weighted by atomic mass is 16.5. The standard InChI is InChI=1S/C28H34N4O3/c1-20-8-9-22-23(32(20)27(33)34-2)10-11-24-26(22)29-25(16-21-6-4-3-5-7-21)31(24)15-14-30-13-12-28(17-30)18-35-19-28/h3-7,10-11,20H,8-9,12-19H2,1-2H3/t20-/m0/s1. The summed E-state index contributed by atoms with van der Waals surface area (Å²) in [6.07, 6.45) is 3.55. The normalized spacial score (nSPS) is 21.3. The van der Waals surface area contributed by atoms with Crippen LogP contribution in [0.3, 0.4) is 0 Å². The third kappa shape index (κ3) is 4.00. The van der Waals surface area contributed by atoms with Crippen LogP contribution in [-0.2, 0) is 28.9 Å². The van der Waals surface area contributed by atoms with Crippen molar-refractivity contribution in [1.29, 1.82) is 0 Å². The van der Waals surface area contributed by atoms with Gasteiger partial charge in [-0.1, -0.05) is 30.3 Å². The minimum Gasteiger partial charge on any atom is -0.452 e. The largest absolute Gasteiger partial charge is 0.452 e. The Hall–Kier alpha value is -2.90. The number of ether oxygens (including phenoxy) is 2. The fourth-order valence-corrected chi connectivity index (χ4v) is 6.10. The maximum absolute atomic E-state index is 12.6. The Kier molecular flexibility index (Phi) is 5.77. The first-order valence-electron chi connectivity index (χ1n) is 12.8. The van der Waals surface area contributed by atoms with Gasteiger partial charge in [0.15, 0.2) is 0 Å². The van der Waals surface area contributed by atoms with Crippen molar-refractivity contribution in [1.82, 2.24) is 14.5 Å². The quantitative estimate of drug-likeness (QED) is 0.553. The van der Waals surface area contributed by atoms with E-state index < -0.39 is 0 Å². The fourth-order valence-electron chi connectivity index (χ4n) is 6.10. The Morgan fingerprint density at radius 1 is 1.17 bits per heavy atom. The molecule has 0 N–H and O–H groups in total. The highest BCUT2D eigenvalue weighted by Gasteiger charge is 2.44. The van der Waals surface area contributed by atoms with Crippen LogP contribution in [-0.4, -0.2) is 66.5 Å². The molecule has 1 atom stereocenters. The number of hydrogen-bond donors (Lipinski definition) is 0. The smallest absolute Gasteiger partial charge is 0.414 e. The van der Waals surface area contributed by atoms with E-state index in [2.05, 4.69) is 58.9 Å². The molecule has 3 aromatic rings. The summed E-state index contributed by atoms with van der Waals surface area (Å²) in [4.78, 5) is 22.2. The summed E-state index contributed by atoms with van der Waals surface area (Å²) in [5.41, 5.74) is 5.94. The molecule has 184 valence electrons. The number of nitrogens with zero attached hydrogens (tertiary/aromatic N) is 4. The number of carbonyl (C=O) groups is 1. The van der Waals surface area contributed by atoms with Crippen LogP contribution >= 0.6 is 0 Å². The molecule has 0 unspecified atom stereocenters. The lowest BCUT2D eigenvalue weighted by molar-refractivity contribution is -0.105. The Bertz CT molecular complexity index is 1230. The molecule has 35 heavy (non-hydrogen) atoms. The number of fused-ring (bicyclic) bond motifs is 3. The summed E-state index contributed by atoms with van der Waals surface area (Å²) in [5.74, 6) is 1.09. The average molecular weight is 475 g/mol. The molecule has 3 aliphatic heterocycles. The van der Waals surface area contributed by atoms with Gasteiger partial charge in [0, 0.05) is 43.1 Å². The predicted octanol–water partition coefficient (Wildman–Crippen LogP) is 4.26. The van der Waals surface area contributed by atoms with Crippen molar-refractivity contribution in [2.24, 2.45) is 5.41 Å². The molecule has 0 radical (unpaired) electrons. The molecule has 7 nitrogen and oxygen atoms in total. The molecular weight excluding hydrogens is 440 g/mol. The molecule has 1 aromatic heterocycles. The van der Waals surface area contributed by atoms with E-state index in [1.807, 2.05) is 0 Å². The second-order valence-corrected chi connectivity index (χ2v) is 10.5. The van der Waals surface area contributed by atoms with Crippen molar-refractivity contribution in [2.45, 2.75) is 45.2 Å². The van der Waals surface area contributed by atoms with Gasteiger partial charge in [-0.3, -0.25) is 4.90 Å². The minimum atomic E-state index is -0.301. The zero-order valence-electron chi connectivity index (χ0n) is 20.7. The van der Waals surface area contributed by atoms with Crippen molar-refractivity contribution < 1.29 is 14.3 Å². The van der Waals surface area contributed by atoms with Gasteiger partial charge in [-0.05, 0) is 50.4 Å². The lowest BCUT2D eigenvalue weighted by Gasteiger charge is -2.37. The van der Waals surface area contributed by atoms with Gasteiger partial charge >= 0.3 is 6.09 Å². The number of aromatic nitrogens is 2. The monoisotopic (exact) mass is 474 g/mol. The van der Waals surface area contributed by atoms with E-state index in [1.165, 1.54) is 19.1 Å². The molecule has 2 fully saturated rings. The van der Waals surface area contributed by atoms with Crippen LogP contribution in [0.1, 0.15) is 36.7 Å². The molecule has 6 rings (SSSR count). The average Bonchev–Trinajstić information content (AvgIpc) is 3.44. The Morgan fingerprint density at radius 2 is 2.00 bits per heavy atom. The van der Waals surface area contributed by atoms with E-state index >= 15 is 0 Å². The molecule has 3 aliphatic rings. The number of aryl methyl sites for hydroxylation is 1. The Balaban J connectivity index is 1.36. The van der Waals surface area contributed by atoms with E-state index in [0.29, 0.717) is 5.41 Å². The van der Waals surface area contributed by atoms with Gasteiger partial charge in [-0.15, -0.1) is 0 Å².